The Hall–Kier alpha value is -2.28. The molecular weight excluding hydrogens is 370 g/mol. The van der Waals surface area contributed by atoms with Crippen LogP contribution in [-0.4, -0.2) is 43.1 Å². The summed E-state index contributed by atoms with van der Waals surface area (Å²) < 4.78 is 11.1. The molecule has 0 bridgehead atoms. The van der Waals surface area contributed by atoms with Gasteiger partial charge in [-0.2, -0.15) is 0 Å². The lowest BCUT2D eigenvalue weighted by Crippen LogP contribution is -2.50. The first-order valence-electron chi connectivity index (χ1n) is 10.8. The van der Waals surface area contributed by atoms with Crippen LogP contribution in [0.2, 0.25) is 0 Å². The Morgan fingerprint density at radius 2 is 2.03 bits per heavy atom. The van der Waals surface area contributed by atoms with Gasteiger partial charge >= 0.3 is 12.0 Å². The summed E-state index contributed by atoms with van der Waals surface area (Å²) in [6, 6.07) is 2.67. The number of rotatable bonds is 5. The van der Waals surface area contributed by atoms with Gasteiger partial charge in [0, 0.05) is 18.8 Å². The number of furan rings is 1. The largest absolute Gasteiger partial charge is 0.464 e. The zero-order chi connectivity index (χ0) is 20.4. The summed E-state index contributed by atoms with van der Waals surface area (Å²) in [6.45, 7) is 6.47. The third kappa shape index (κ3) is 4.34. The number of hydrogen-bond donors (Lipinski definition) is 2. The van der Waals surface area contributed by atoms with E-state index < -0.39 is 12.0 Å². The molecule has 2 N–H and O–H groups in total. The van der Waals surface area contributed by atoms with Gasteiger partial charge in [-0.3, -0.25) is 4.90 Å². The van der Waals surface area contributed by atoms with Crippen molar-refractivity contribution >= 4 is 12.0 Å². The fraction of sp³-hybridized carbons (Fsp3) is 0.636. The highest BCUT2D eigenvalue weighted by Gasteiger charge is 2.37. The van der Waals surface area contributed by atoms with Crippen LogP contribution < -0.4 is 10.6 Å². The predicted molar refractivity (Wildman–Crippen MR) is 108 cm³/mol. The number of likely N-dealkylation sites (tertiary alicyclic amines) is 1. The number of piperidine rings is 1. The molecule has 1 saturated carbocycles. The maximum atomic E-state index is 12.8. The quantitative estimate of drug-likeness (QED) is 0.740. The predicted octanol–water partition coefficient (Wildman–Crippen LogP) is 3.27. The number of urea groups is 1. The lowest BCUT2D eigenvalue weighted by atomic mass is 9.75. The van der Waals surface area contributed by atoms with Crippen LogP contribution in [0.4, 0.5) is 4.79 Å². The molecule has 1 aliphatic carbocycles. The molecule has 158 valence electrons. The van der Waals surface area contributed by atoms with Crippen molar-refractivity contribution in [2.24, 2.45) is 11.8 Å². The first-order valence-corrected chi connectivity index (χ1v) is 10.8. The lowest BCUT2D eigenvalue weighted by Gasteiger charge is -2.42. The van der Waals surface area contributed by atoms with Gasteiger partial charge in [-0.05, 0) is 57.2 Å². The Bertz CT molecular complexity index is 800. The third-order valence-electron chi connectivity index (χ3n) is 6.45. The topological polar surface area (TPSA) is 83.8 Å². The molecule has 1 aromatic rings. The van der Waals surface area contributed by atoms with Crippen LogP contribution in [0.25, 0.3) is 0 Å². The first kappa shape index (κ1) is 20.0. The molecule has 2 amide bonds. The van der Waals surface area contributed by atoms with Gasteiger partial charge in [0.25, 0.3) is 0 Å². The van der Waals surface area contributed by atoms with Crippen LogP contribution in [0.15, 0.2) is 27.8 Å². The molecule has 1 aromatic heterocycles. The van der Waals surface area contributed by atoms with E-state index in [0.29, 0.717) is 23.6 Å². The van der Waals surface area contributed by atoms with Crippen molar-refractivity contribution in [3.05, 3.63) is 34.9 Å². The van der Waals surface area contributed by atoms with E-state index in [1.54, 1.807) is 13.0 Å². The summed E-state index contributed by atoms with van der Waals surface area (Å²) in [5.74, 6) is 2.42. The molecule has 1 saturated heterocycles. The Morgan fingerprint density at radius 3 is 2.76 bits per heavy atom. The number of esters is 1. The van der Waals surface area contributed by atoms with E-state index in [2.05, 4.69) is 15.5 Å². The van der Waals surface area contributed by atoms with Crippen LogP contribution >= 0.6 is 0 Å². The van der Waals surface area contributed by atoms with Crippen LogP contribution in [0.3, 0.4) is 0 Å². The van der Waals surface area contributed by atoms with Crippen LogP contribution in [0.5, 0.6) is 0 Å². The van der Waals surface area contributed by atoms with Crippen LogP contribution in [0.1, 0.15) is 56.6 Å². The van der Waals surface area contributed by atoms with Gasteiger partial charge in [0.1, 0.15) is 17.6 Å². The van der Waals surface area contributed by atoms with Gasteiger partial charge in [0.15, 0.2) is 0 Å². The molecule has 3 heterocycles. The molecule has 2 aliphatic heterocycles. The monoisotopic (exact) mass is 401 g/mol. The molecule has 0 aromatic carbocycles. The summed E-state index contributed by atoms with van der Waals surface area (Å²) in [5.41, 5.74) is 1.06. The van der Waals surface area contributed by atoms with Gasteiger partial charge in [0.2, 0.25) is 0 Å². The number of nitrogens with zero attached hydrogens (tertiary/aromatic N) is 1. The Kier molecular flexibility index (Phi) is 5.94. The standard InChI is InChI=1S/C22H31N3O4/c1-3-28-21(26)19-17(13-25-11-10-15-6-4-5-7-16(15)12-25)23-22(27)24-20(19)18-9-8-14(2)29-18/h8-9,15-16,20H,3-7,10-13H2,1-2H3,(H2,23,24,27). The van der Waals surface area contributed by atoms with E-state index >= 15 is 0 Å². The summed E-state index contributed by atoms with van der Waals surface area (Å²) in [6.07, 6.45) is 6.49. The van der Waals surface area contributed by atoms with E-state index in [-0.39, 0.29) is 12.6 Å². The second kappa shape index (κ2) is 8.61. The van der Waals surface area contributed by atoms with Crippen molar-refractivity contribution in [3.63, 3.8) is 0 Å². The van der Waals surface area contributed by atoms with Gasteiger partial charge in [0.05, 0.1) is 12.2 Å². The average molecular weight is 402 g/mol. The SMILES string of the molecule is CCOC(=O)C1=C(CN2CCC3CCCCC3C2)NC(=O)NC1c1ccc(C)o1. The second-order valence-corrected chi connectivity index (χ2v) is 8.42. The van der Waals surface area contributed by atoms with E-state index in [1.807, 2.05) is 13.0 Å². The molecular formula is C22H31N3O4. The summed E-state index contributed by atoms with van der Waals surface area (Å²) in [4.78, 5) is 27.6. The number of ether oxygens (including phenoxy) is 1. The second-order valence-electron chi connectivity index (χ2n) is 8.42. The highest BCUT2D eigenvalue weighted by atomic mass is 16.5. The molecule has 7 nitrogen and oxygen atoms in total. The van der Waals surface area contributed by atoms with Crippen LogP contribution in [-0.2, 0) is 9.53 Å². The number of amides is 2. The number of fused-ring (bicyclic) bond motifs is 1. The smallest absolute Gasteiger partial charge is 0.338 e. The number of hydrogen-bond acceptors (Lipinski definition) is 5. The molecule has 4 rings (SSSR count). The number of carbonyl (C=O) groups excluding carboxylic acids is 2. The summed E-state index contributed by atoms with van der Waals surface area (Å²) in [7, 11) is 0. The maximum absolute atomic E-state index is 12.8. The number of aryl methyl sites for hydroxylation is 1. The zero-order valence-electron chi connectivity index (χ0n) is 17.3. The Morgan fingerprint density at radius 1 is 1.24 bits per heavy atom. The van der Waals surface area contributed by atoms with Crippen LogP contribution in [0, 0.1) is 18.8 Å². The van der Waals surface area contributed by atoms with E-state index in [1.165, 1.54) is 32.1 Å². The molecule has 0 radical (unpaired) electrons. The van der Waals surface area contributed by atoms with Gasteiger partial charge in [-0.15, -0.1) is 0 Å². The molecule has 3 unspecified atom stereocenters. The molecule has 2 fully saturated rings. The minimum Gasteiger partial charge on any atom is -0.464 e. The van der Waals surface area contributed by atoms with E-state index in [0.717, 1.165) is 30.7 Å². The maximum Gasteiger partial charge on any atom is 0.338 e. The minimum absolute atomic E-state index is 0.279. The molecule has 29 heavy (non-hydrogen) atoms. The molecule has 3 atom stereocenters. The Balaban J connectivity index is 1.61. The highest BCUT2D eigenvalue weighted by Crippen LogP contribution is 2.37. The zero-order valence-corrected chi connectivity index (χ0v) is 17.3. The fourth-order valence-electron chi connectivity index (χ4n) is 5.06. The highest BCUT2D eigenvalue weighted by molar-refractivity contribution is 5.95. The summed E-state index contributed by atoms with van der Waals surface area (Å²) >= 11 is 0. The number of nitrogens with one attached hydrogen (secondary N) is 2. The summed E-state index contributed by atoms with van der Waals surface area (Å²) in [5, 5.41) is 5.70. The van der Waals surface area contributed by atoms with Crippen molar-refractivity contribution in [2.75, 3.05) is 26.2 Å². The first-order chi connectivity index (χ1) is 14.0. The third-order valence-corrected chi connectivity index (χ3v) is 6.45. The van der Waals surface area contributed by atoms with Gasteiger partial charge in [-0.25, -0.2) is 9.59 Å². The van der Waals surface area contributed by atoms with Gasteiger partial charge in [-0.1, -0.05) is 19.3 Å². The normalized spacial score (nSPS) is 27.8. The average Bonchev–Trinajstić information content (AvgIpc) is 3.14. The van der Waals surface area contributed by atoms with Crippen molar-refractivity contribution in [3.8, 4) is 0 Å². The van der Waals surface area contributed by atoms with E-state index in [4.69, 9.17) is 9.15 Å². The van der Waals surface area contributed by atoms with Crippen molar-refractivity contribution < 1.29 is 18.7 Å². The molecule has 7 heteroatoms. The van der Waals surface area contributed by atoms with Gasteiger partial charge < -0.3 is 19.8 Å². The van der Waals surface area contributed by atoms with Crippen molar-refractivity contribution in [1.82, 2.24) is 15.5 Å². The minimum atomic E-state index is -0.640. The van der Waals surface area contributed by atoms with Crippen molar-refractivity contribution in [1.29, 1.82) is 0 Å². The molecule has 0 spiro atoms. The fourth-order valence-corrected chi connectivity index (χ4v) is 5.06. The lowest BCUT2D eigenvalue weighted by molar-refractivity contribution is -0.139. The molecule has 3 aliphatic rings. The van der Waals surface area contributed by atoms with E-state index in [9.17, 15) is 9.59 Å². The Labute approximate surface area is 171 Å². The van der Waals surface area contributed by atoms with Crippen molar-refractivity contribution in [2.45, 2.75) is 52.0 Å². The number of carbonyl (C=O) groups is 2.